The normalized spacial score (nSPS) is 20.0. The third-order valence-corrected chi connectivity index (χ3v) is 6.48. The minimum absolute atomic E-state index is 0.0162. The zero-order valence-corrected chi connectivity index (χ0v) is 19.3. The van der Waals surface area contributed by atoms with E-state index in [1.807, 2.05) is 24.3 Å². The number of benzene rings is 3. The van der Waals surface area contributed by atoms with Gasteiger partial charge in [-0.1, -0.05) is 98.6 Å². The number of hydrogen-bond acceptors (Lipinski definition) is 3. The Kier molecular flexibility index (Phi) is 4.99. The van der Waals surface area contributed by atoms with Crippen LogP contribution in [-0.2, 0) is 5.41 Å². The largest absolute Gasteiger partial charge is 0.463 e. The number of hydrazone groups is 1. The predicted molar refractivity (Wildman–Crippen MR) is 127 cm³/mol. The lowest BCUT2D eigenvalue weighted by atomic mass is 9.86. The van der Waals surface area contributed by atoms with E-state index in [0.717, 1.165) is 28.8 Å². The summed E-state index contributed by atoms with van der Waals surface area (Å²) in [6, 6.07) is 22.6. The highest BCUT2D eigenvalue weighted by atomic mass is 35.5. The number of ether oxygens (including phenoxy) is 1. The molecule has 3 aromatic carbocycles. The van der Waals surface area contributed by atoms with Gasteiger partial charge in [-0.05, 0) is 28.7 Å². The van der Waals surface area contributed by atoms with Crippen molar-refractivity contribution in [3.8, 4) is 5.75 Å². The Balaban J connectivity index is 1.60. The van der Waals surface area contributed by atoms with E-state index in [4.69, 9.17) is 33.0 Å². The molecule has 5 heteroatoms. The lowest BCUT2D eigenvalue weighted by Gasteiger charge is -2.38. The fourth-order valence-corrected chi connectivity index (χ4v) is 4.84. The highest BCUT2D eigenvalue weighted by Crippen LogP contribution is 2.50. The maximum atomic E-state index is 6.56. The molecule has 0 fully saturated rings. The summed E-state index contributed by atoms with van der Waals surface area (Å²) in [5.74, 6) is 0.696. The molecule has 0 aromatic heterocycles. The molecule has 2 aliphatic heterocycles. The fraction of sp³-hybridized carbons (Fsp3) is 0.269. The number of hydrogen-bond donors (Lipinski definition) is 0. The van der Waals surface area contributed by atoms with E-state index in [1.54, 1.807) is 6.07 Å². The van der Waals surface area contributed by atoms with Gasteiger partial charge in [0.2, 0.25) is 6.23 Å². The van der Waals surface area contributed by atoms with Crippen molar-refractivity contribution in [2.24, 2.45) is 5.10 Å². The second-order valence-electron chi connectivity index (χ2n) is 9.16. The Morgan fingerprint density at radius 2 is 1.68 bits per heavy atom. The number of fused-ring (bicyclic) bond motifs is 3. The number of rotatable bonds is 2. The zero-order valence-electron chi connectivity index (χ0n) is 17.8. The van der Waals surface area contributed by atoms with Gasteiger partial charge in [-0.3, -0.25) is 0 Å². The summed E-state index contributed by atoms with van der Waals surface area (Å²) in [7, 11) is 0. The van der Waals surface area contributed by atoms with Crippen LogP contribution in [0.4, 0.5) is 0 Å². The Labute approximate surface area is 193 Å². The topological polar surface area (TPSA) is 24.8 Å². The molecule has 5 rings (SSSR count). The van der Waals surface area contributed by atoms with E-state index < -0.39 is 0 Å². The molecular formula is C26H24Cl2N2O. The van der Waals surface area contributed by atoms with Crippen LogP contribution in [0.5, 0.6) is 5.75 Å². The standard InChI is InChI=1S/C26H24Cl2N2O/c1-26(2,3)18-11-9-17(10-12-18)25-30-23(15-22(29-30)16-7-5-4-6-8-16)20-13-19(27)14-21(28)24(20)31-25/h4-14,23,25H,15H2,1-3H3/t23-,25+/m0/s1. The van der Waals surface area contributed by atoms with E-state index in [1.165, 1.54) is 5.56 Å². The van der Waals surface area contributed by atoms with Gasteiger partial charge in [-0.15, -0.1) is 0 Å². The van der Waals surface area contributed by atoms with Gasteiger partial charge in [0, 0.05) is 22.6 Å². The highest BCUT2D eigenvalue weighted by Gasteiger charge is 2.42. The molecule has 0 bridgehead atoms. The SMILES string of the molecule is CC(C)(C)c1ccc([C@H]2Oc3c(Cl)cc(Cl)cc3[C@@H]3CC(c4ccccc4)=NN23)cc1. The molecule has 2 atom stereocenters. The first kappa shape index (κ1) is 20.4. The van der Waals surface area contributed by atoms with Crippen LogP contribution in [0.1, 0.15) is 61.7 Å². The van der Waals surface area contributed by atoms with Crippen molar-refractivity contribution >= 4 is 28.9 Å². The molecule has 3 nitrogen and oxygen atoms in total. The van der Waals surface area contributed by atoms with Crippen LogP contribution in [-0.4, -0.2) is 10.7 Å². The van der Waals surface area contributed by atoms with Gasteiger partial charge in [0.25, 0.3) is 0 Å². The van der Waals surface area contributed by atoms with E-state index in [2.05, 4.69) is 62.2 Å². The average molecular weight is 451 g/mol. The second kappa shape index (κ2) is 7.58. The molecule has 2 heterocycles. The average Bonchev–Trinajstić information content (AvgIpc) is 3.19. The molecule has 0 amide bonds. The van der Waals surface area contributed by atoms with Crippen molar-refractivity contribution < 1.29 is 4.74 Å². The van der Waals surface area contributed by atoms with Gasteiger partial charge in [0.05, 0.1) is 16.8 Å². The molecule has 0 saturated heterocycles. The molecule has 3 aromatic rings. The Hall–Kier alpha value is -2.49. The number of nitrogens with zero attached hydrogens (tertiary/aromatic N) is 2. The van der Waals surface area contributed by atoms with E-state index in [-0.39, 0.29) is 17.7 Å². The minimum Gasteiger partial charge on any atom is -0.463 e. The Bertz CT molecular complexity index is 1150. The first-order valence-corrected chi connectivity index (χ1v) is 11.2. The molecule has 0 aliphatic carbocycles. The van der Waals surface area contributed by atoms with Crippen LogP contribution >= 0.6 is 23.2 Å². The number of halogens is 2. The summed E-state index contributed by atoms with van der Waals surface area (Å²) in [4.78, 5) is 0. The molecule has 0 spiro atoms. The van der Waals surface area contributed by atoms with Gasteiger partial charge in [0.15, 0.2) is 0 Å². The smallest absolute Gasteiger partial charge is 0.213 e. The molecule has 0 N–H and O–H groups in total. The van der Waals surface area contributed by atoms with Crippen LogP contribution in [0.15, 0.2) is 71.8 Å². The Morgan fingerprint density at radius 1 is 0.968 bits per heavy atom. The highest BCUT2D eigenvalue weighted by molar-refractivity contribution is 6.35. The first-order valence-electron chi connectivity index (χ1n) is 10.5. The van der Waals surface area contributed by atoms with Gasteiger partial charge in [0.1, 0.15) is 5.75 Å². The maximum absolute atomic E-state index is 6.56. The van der Waals surface area contributed by atoms with E-state index >= 15 is 0 Å². The monoisotopic (exact) mass is 450 g/mol. The van der Waals surface area contributed by atoms with Gasteiger partial charge in [-0.25, -0.2) is 5.01 Å². The summed E-state index contributed by atoms with van der Waals surface area (Å²) < 4.78 is 6.46. The van der Waals surface area contributed by atoms with Crippen molar-refractivity contribution in [1.82, 2.24) is 5.01 Å². The molecule has 0 unspecified atom stereocenters. The third kappa shape index (κ3) is 3.71. The van der Waals surface area contributed by atoms with Gasteiger partial charge >= 0.3 is 0 Å². The lowest BCUT2D eigenvalue weighted by molar-refractivity contribution is -0.0189. The Morgan fingerprint density at radius 3 is 2.35 bits per heavy atom. The summed E-state index contributed by atoms with van der Waals surface area (Å²) in [6.45, 7) is 6.64. The van der Waals surface area contributed by atoms with Crippen molar-refractivity contribution in [1.29, 1.82) is 0 Å². The summed E-state index contributed by atoms with van der Waals surface area (Å²) in [5.41, 5.74) is 5.56. The summed E-state index contributed by atoms with van der Waals surface area (Å²) in [6.07, 6.45) is 0.416. The molecule has 158 valence electrons. The van der Waals surface area contributed by atoms with Crippen LogP contribution < -0.4 is 4.74 Å². The molecule has 0 saturated carbocycles. The van der Waals surface area contributed by atoms with Crippen molar-refractivity contribution in [2.45, 2.75) is 44.9 Å². The third-order valence-electron chi connectivity index (χ3n) is 5.98. The fourth-order valence-electron chi connectivity index (χ4n) is 4.29. The van der Waals surface area contributed by atoms with E-state index in [0.29, 0.717) is 15.8 Å². The van der Waals surface area contributed by atoms with Crippen molar-refractivity contribution in [3.05, 3.63) is 99.0 Å². The van der Waals surface area contributed by atoms with Crippen LogP contribution in [0, 0.1) is 0 Å². The van der Waals surface area contributed by atoms with Gasteiger partial charge < -0.3 is 4.74 Å². The van der Waals surface area contributed by atoms with Crippen molar-refractivity contribution in [2.75, 3.05) is 0 Å². The quantitative estimate of drug-likeness (QED) is 0.402. The van der Waals surface area contributed by atoms with Crippen LogP contribution in [0.3, 0.4) is 0 Å². The molecular weight excluding hydrogens is 427 g/mol. The van der Waals surface area contributed by atoms with Crippen LogP contribution in [0.2, 0.25) is 10.0 Å². The van der Waals surface area contributed by atoms with Gasteiger partial charge in [-0.2, -0.15) is 5.10 Å². The maximum Gasteiger partial charge on any atom is 0.213 e. The predicted octanol–water partition coefficient (Wildman–Crippen LogP) is 7.53. The summed E-state index contributed by atoms with van der Waals surface area (Å²) in [5, 5.41) is 8.20. The second-order valence-corrected chi connectivity index (χ2v) is 10.0. The lowest BCUT2D eigenvalue weighted by Crippen LogP contribution is -2.34. The van der Waals surface area contributed by atoms with Crippen LogP contribution in [0.25, 0.3) is 0 Å². The summed E-state index contributed by atoms with van der Waals surface area (Å²) >= 11 is 12.9. The minimum atomic E-state index is -0.355. The van der Waals surface area contributed by atoms with E-state index in [9.17, 15) is 0 Å². The first-order chi connectivity index (χ1) is 14.8. The zero-order chi connectivity index (χ0) is 21.8. The molecule has 31 heavy (non-hydrogen) atoms. The molecule has 2 aliphatic rings. The van der Waals surface area contributed by atoms with Crippen molar-refractivity contribution in [3.63, 3.8) is 0 Å². The molecule has 0 radical (unpaired) electrons.